The molecule has 7 heteroatoms. The van der Waals surface area contributed by atoms with Gasteiger partial charge in [0.15, 0.2) is 0 Å². The van der Waals surface area contributed by atoms with E-state index in [0.29, 0.717) is 18.8 Å². The SMILES string of the molecule is CCCn1cc(S(=O)(=O)NCCN2CCCC2)cc1CO. The molecule has 1 fully saturated rings. The summed E-state index contributed by atoms with van der Waals surface area (Å²) in [4.78, 5) is 2.51. The van der Waals surface area contributed by atoms with E-state index in [1.165, 1.54) is 12.8 Å². The van der Waals surface area contributed by atoms with Crippen molar-refractivity contribution >= 4 is 10.0 Å². The minimum absolute atomic E-state index is 0.150. The Balaban J connectivity index is 1.97. The second-order valence-corrected chi connectivity index (χ2v) is 7.23. The van der Waals surface area contributed by atoms with Crippen LogP contribution in [0.4, 0.5) is 0 Å². The first-order valence-electron chi connectivity index (χ1n) is 7.58. The van der Waals surface area contributed by atoms with Crippen molar-refractivity contribution in [3.63, 3.8) is 0 Å². The molecule has 6 nitrogen and oxygen atoms in total. The molecule has 0 spiro atoms. The Labute approximate surface area is 126 Å². The summed E-state index contributed by atoms with van der Waals surface area (Å²) in [5.74, 6) is 0. The second-order valence-electron chi connectivity index (χ2n) is 5.47. The van der Waals surface area contributed by atoms with Gasteiger partial charge in [-0.05, 0) is 38.4 Å². The van der Waals surface area contributed by atoms with Gasteiger partial charge < -0.3 is 14.6 Å². The smallest absolute Gasteiger partial charge is 0.242 e. The average Bonchev–Trinajstić information content (AvgIpc) is 3.08. The lowest BCUT2D eigenvalue weighted by molar-refractivity contribution is 0.270. The van der Waals surface area contributed by atoms with Gasteiger partial charge in [-0.3, -0.25) is 0 Å². The zero-order chi connectivity index (χ0) is 15.3. The van der Waals surface area contributed by atoms with Crippen molar-refractivity contribution in [1.29, 1.82) is 0 Å². The molecule has 0 aromatic carbocycles. The van der Waals surface area contributed by atoms with Crippen LogP contribution < -0.4 is 4.72 Å². The molecule has 0 atom stereocenters. The van der Waals surface area contributed by atoms with Gasteiger partial charge in [-0.15, -0.1) is 0 Å². The van der Waals surface area contributed by atoms with E-state index in [-0.39, 0.29) is 11.5 Å². The molecule has 0 amide bonds. The third-order valence-corrected chi connectivity index (χ3v) is 5.24. The summed E-state index contributed by atoms with van der Waals surface area (Å²) < 4.78 is 29.0. The van der Waals surface area contributed by atoms with Gasteiger partial charge in [0.25, 0.3) is 0 Å². The molecule has 21 heavy (non-hydrogen) atoms. The fraction of sp³-hybridized carbons (Fsp3) is 0.714. The maximum atomic E-state index is 12.3. The van der Waals surface area contributed by atoms with Crippen LogP contribution in [-0.2, 0) is 23.2 Å². The van der Waals surface area contributed by atoms with Crippen molar-refractivity contribution in [2.75, 3.05) is 26.2 Å². The van der Waals surface area contributed by atoms with Gasteiger partial charge in [-0.25, -0.2) is 13.1 Å². The van der Waals surface area contributed by atoms with Gasteiger partial charge in [-0.2, -0.15) is 0 Å². The molecule has 0 saturated carbocycles. The highest BCUT2D eigenvalue weighted by Crippen LogP contribution is 2.15. The lowest BCUT2D eigenvalue weighted by Crippen LogP contribution is -2.33. The molecule has 2 rings (SSSR count). The van der Waals surface area contributed by atoms with Crippen molar-refractivity contribution in [3.05, 3.63) is 18.0 Å². The van der Waals surface area contributed by atoms with Gasteiger partial charge in [0.1, 0.15) is 0 Å². The summed E-state index contributed by atoms with van der Waals surface area (Å²) >= 11 is 0. The van der Waals surface area contributed by atoms with Crippen LogP contribution in [0.15, 0.2) is 17.2 Å². The van der Waals surface area contributed by atoms with Crippen LogP contribution in [0.5, 0.6) is 0 Å². The van der Waals surface area contributed by atoms with Gasteiger partial charge in [0.2, 0.25) is 10.0 Å². The predicted octanol–water partition coefficient (Wildman–Crippen LogP) is 0.764. The third-order valence-electron chi connectivity index (χ3n) is 3.82. The van der Waals surface area contributed by atoms with E-state index in [4.69, 9.17) is 0 Å². The normalized spacial score (nSPS) is 16.7. The minimum atomic E-state index is -3.49. The number of rotatable bonds is 8. The zero-order valence-electron chi connectivity index (χ0n) is 12.6. The topological polar surface area (TPSA) is 74.6 Å². The molecule has 1 aliphatic rings. The van der Waals surface area contributed by atoms with Crippen molar-refractivity contribution in [2.24, 2.45) is 0 Å². The molecule has 0 radical (unpaired) electrons. The van der Waals surface area contributed by atoms with E-state index in [1.54, 1.807) is 16.8 Å². The van der Waals surface area contributed by atoms with Crippen LogP contribution in [0, 0.1) is 0 Å². The Morgan fingerprint density at radius 1 is 1.29 bits per heavy atom. The first-order valence-corrected chi connectivity index (χ1v) is 9.07. The monoisotopic (exact) mass is 315 g/mol. The van der Waals surface area contributed by atoms with Crippen LogP contribution >= 0.6 is 0 Å². The fourth-order valence-corrected chi connectivity index (χ4v) is 3.76. The molecule has 0 unspecified atom stereocenters. The Kier molecular flexibility index (Phi) is 5.80. The molecule has 1 aromatic heterocycles. The highest BCUT2D eigenvalue weighted by molar-refractivity contribution is 7.89. The summed E-state index contributed by atoms with van der Waals surface area (Å²) in [6.45, 7) is 5.87. The number of hydrogen-bond acceptors (Lipinski definition) is 4. The minimum Gasteiger partial charge on any atom is -0.390 e. The molecular weight excluding hydrogens is 290 g/mol. The average molecular weight is 315 g/mol. The maximum Gasteiger partial charge on any atom is 0.242 e. The molecule has 1 saturated heterocycles. The summed E-state index contributed by atoms with van der Waals surface area (Å²) in [6.07, 6.45) is 4.90. The summed E-state index contributed by atoms with van der Waals surface area (Å²) in [5.41, 5.74) is 0.636. The number of aryl methyl sites for hydroxylation is 1. The fourth-order valence-electron chi connectivity index (χ4n) is 2.68. The molecule has 0 bridgehead atoms. The quantitative estimate of drug-likeness (QED) is 0.743. The molecule has 2 heterocycles. The third kappa shape index (κ3) is 4.29. The molecule has 2 N–H and O–H groups in total. The van der Waals surface area contributed by atoms with Crippen LogP contribution in [0.1, 0.15) is 31.9 Å². The number of aliphatic hydroxyl groups excluding tert-OH is 1. The molecule has 1 aromatic rings. The predicted molar refractivity (Wildman–Crippen MR) is 81.5 cm³/mol. The van der Waals surface area contributed by atoms with Crippen molar-refractivity contribution in [1.82, 2.24) is 14.2 Å². The van der Waals surface area contributed by atoms with Crippen LogP contribution in [0.25, 0.3) is 0 Å². The first kappa shape index (κ1) is 16.5. The van der Waals surface area contributed by atoms with E-state index in [1.807, 2.05) is 6.92 Å². The largest absolute Gasteiger partial charge is 0.390 e. The number of aliphatic hydroxyl groups is 1. The van der Waals surface area contributed by atoms with Crippen LogP contribution in [0.2, 0.25) is 0 Å². The summed E-state index contributed by atoms with van der Waals surface area (Å²) in [7, 11) is -3.49. The molecular formula is C14H25N3O3S. The number of nitrogens with zero attached hydrogens (tertiary/aromatic N) is 2. The van der Waals surface area contributed by atoms with Crippen LogP contribution in [-0.4, -0.2) is 49.2 Å². The molecule has 1 aliphatic heterocycles. The Hall–Kier alpha value is -0.890. The highest BCUT2D eigenvalue weighted by atomic mass is 32.2. The molecule has 120 valence electrons. The van der Waals surface area contributed by atoms with E-state index in [9.17, 15) is 13.5 Å². The molecule has 0 aliphatic carbocycles. The number of likely N-dealkylation sites (tertiary alicyclic amines) is 1. The highest BCUT2D eigenvalue weighted by Gasteiger charge is 2.18. The van der Waals surface area contributed by atoms with E-state index >= 15 is 0 Å². The standard InChI is InChI=1S/C14H25N3O3S/c1-2-6-17-11-14(10-13(17)12-18)21(19,20)15-5-9-16-7-3-4-8-16/h10-11,15,18H,2-9,12H2,1H3. The van der Waals surface area contributed by atoms with Gasteiger partial charge in [0, 0.05) is 31.5 Å². The van der Waals surface area contributed by atoms with Gasteiger partial charge in [-0.1, -0.05) is 6.92 Å². The van der Waals surface area contributed by atoms with Crippen molar-refractivity contribution in [3.8, 4) is 0 Å². The number of hydrogen-bond donors (Lipinski definition) is 2. The van der Waals surface area contributed by atoms with Crippen LogP contribution in [0.3, 0.4) is 0 Å². The first-order chi connectivity index (χ1) is 10.1. The summed E-state index contributed by atoms with van der Waals surface area (Å²) in [5, 5.41) is 9.30. The second kappa shape index (κ2) is 7.40. The lowest BCUT2D eigenvalue weighted by atomic mass is 10.4. The number of sulfonamides is 1. The van der Waals surface area contributed by atoms with E-state index in [2.05, 4.69) is 9.62 Å². The van der Waals surface area contributed by atoms with E-state index < -0.39 is 10.0 Å². The Bertz CT molecular complexity index is 548. The van der Waals surface area contributed by atoms with Gasteiger partial charge >= 0.3 is 0 Å². The zero-order valence-corrected chi connectivity index (χ0v) is 13.4. The van der Waals surface area contributed by atoms with Crippen molar-refractivity contribution < 1.29 is 13.5 Å². The Morgan fingerprint density at radius 2 is 2.00 bits per heavy atom. The lowest BCUT2D eigenvalue weighted by Gasteiger charge is -2.14. The Morgan fingerprint density at radius 3 is 2.62 bits per heavy atom. The maximum absolute atomic E-state index is 12.3. The summed E-state index contributed by atoms with van der Waals surface area (Å²) in [6, 6.07) is 1.55. The van der Waals surface area contributed by atoms with E-state index in [0.717, 1.165) is 26.1 Å². The number of aromatic nitrogens is 1. The van der Waals surface area contributed by atoms with Gasteiger partial charge in [0.05, 0.1) is 11.5 Å². The van der Waals surface area contributed by atoms with Crippen molar-refractivity contribution in [2.45, 2.75) is 44.2 Å². The number of nitrogens with one attached hydrogen (secondary N) is 1.